The molecule has 2 amide bonds. The highest BCUT2D eigenvalue weighted by molar-refractivity contribution is 6.39. The van der Waals surface area contributed by atoms with Crippen LogP contribution in [-0.2, 0) is 9.59 Å². The first-order valence-corrected chi connectivity index (χ1v) is 7.19. The molecule has 0 bridgehead atoms. The zero-order chi connectivity index (χ0) is 16.1. The molecule has 0 unspecified atom stereocenters. The van der Waals surface area contributed by atoms with Gasteiger partial charge in [-0.05, 0) is 25.0 Å². The Morgan fingerprint density at radius 3 is 2.55 bits per heavy atom. The number of halogens is 2. The summed E-state index contributed by atoms with van der Waals surface area (Å²) in [5, 5.41) is 14.4. The number of rotatable bonds is 3. The van der Waals surface area contributed by atoms with Crippen LogP contribution in [0.4, 0.5) is 14.5 Å². The fraction of sp³-hybridized carbons (Fsp3) is 0.467. The van der Waals surface area contributed by atoms with Gasteiger partial charge in [-0.25, -0.2) is 8.78 Å². The van der Waals surface area contributed by atoms with Gasteiger partial charge in [0, 0.05) is 24.2 Å². The molecule has 1 aliphatic rings. The minimum atomic E-state index is -1.11. The summed E-state index contributed by atoms with van der Waals surface area (Å²) in [5.74, 6) is -4.04. The van der Waals surface area contributed by atoms with Crippen molar-refractivity contribution < 1.29 is 23.5 Å². The third-order valence-corrected chi connectivity index (χ3v) is 3.78. The molecule has 0 aliphatic heterocycles. The van der Waals surface area contributed by atoms with Crippen LogP contribution in [0.1, 0.15) is 25.7 Å². The van der Waals surface area contributed by atoms with Crippen LogP contribution in [0, 0.1) is 17.6 Å². The Morgan fingerprint density at radius 1 is 1.14 bits per heavy atom. The van der Waals surface area contributed by atoms with Gasteiger partial charge in [-0.3, -0.25) is 9.59 Å². The molecule has 0 saturated heterocycles. The number of anilines is 1. The molecule has 22 heavy (non-hydrogen) atoms. The van der Waals surface area contributed by atoms with Crippen molar-refractivity contribution in [2.75, 3.05) is 11.9 Å². The fourth-order valence-corrected chi connectivity index (χ4v) is 2.49. The quantitative estimate of drug-likeness (QED) is 0.741. The molecule has 1 aromatic rings. The van der Waals surface area contributed by atoms with Gasteiger partial charge in [0.05, 0.1) is 6.10 Å². The number of benzene rings is 1. The maximum Gasteiger partial charge on any atom is 0.313 e. The van der Waals surface area contributed by atoms with E-state index >= 15 is 0 Å². The SMILES string of the molecule is O=C(NC[C@@H]1CCCC[C@@H]1O)C(=O)Nc1ccc(F)c(F)c1. The lowest BCUT2D eigenvalue weighted by atomic mass is 9.86. The van der Waals surface area contributed by atoms with E-state index in [2.05, 4.69) is 10.6 Å². The predicted octanol–water partition coefficient (Wildman–Crippen LogP) is 1.57. The van der Waals surface area contributed by atoms with Gasteiger partial charge in [-0.1, -0.05) is 12.8 Å². The van der Waals surface area contributed by atoms with Crippen LogP contribution in [0.2, 0.25) is 0 Å². The zero-order valence-electron chi connectivity index (χ0n) is 11.9. The van der Waals surface area contributed by atoms with Crippen LogP contribution >= 0.6 is 0 Å². The molecule has 7 heteroatoms. The van der Waals surface area contributed by atoms with Crippen molar-refractivity contribution in [3.63, 3.8) is 0 Å². The number of hydrogen-bond donors (Lipinski definition) is 3. The number of aliphatic hydroxyl groups excluding tert-OH is 1. The summed E-state index contributed by atoms with van der Waals surface area (Å²) < 4.78 is 25.8. The van der Waals surface area contributed by atoms with Crippen LogP contribution in [0.5, 0.6) is 0 Å². The predicted molar refractivity (Wildman–Crippen MR) is 76.0 cm³/mol. The molecule has 120 valence electrons. The van der Waals surface area contributed by atoms with Crippen LogP contribution in [-0.4, -0.2) is 29.6 Å². The second-order valence-electron chi connectivity index (χ2n) is 5.40. The summed E-state index contributed by atoms with van der Waals surface area (Å²) in [7, 11) is 0. The molecule has 1 aromatic carbocycles. The van der Waals surface area contributed by atoms with Gasteiger partial charge in [-0.2, -0.15) is 0 Å². The Labute approximate surface area is 126 Å². The zero-order valence-corrected chi connectivity index (χ0v) is 11.9. The Bertz CT molecular complexity index is 566. The summed E-state index contributed by atoms with van der Waals surface area (Å²) in [6, 6.07) is 2.82. The highest BCUT2D eigenvalue weighted by atomic mass is 19.2. The van der Waals surface area contributed by atoms with Gasteiger partial charge < -0.3 is 15.7 Å². The van der Waals surface area contributed by atoms with Crippen molar-refractivity contribution in [2.24, 2.45) is 5.92 Å². The maximum absolute atomic E-state index is 13.0. The van der Waals surface area contributed by atoms with E-state index in [1.54, 1.807) is 0 Å². The number of carbonyl (C=O) groups excluding carboxylic acids is 2. The molecule has 1 fully saturated rings. The first-order chi connectivity index (χ1) is 10.5. The molecule has 5 nitrogen and oxygen atoms in total. The van der Waals surface area contributed by atoms with E-state index in [0.717, 1.165) is 37.5 Å². The molecular formula is C15H18F2N2O3. The molecule has 0 spiro atoms. The Kier molecular flexibility index (Phi) is 5.43. The minimum Gasteiger partial charge on any atom is -0.393 e. The first-order valence-electron chi connectivity index (χ1n) is 7.19. The number of aliphatic hydroxyl groups is 1. The second kappa shape index (κ2) is 7.31. The molecule has 0 radical (unpaired) electrons. The second-order valence-corrected chi connectivity index (χ2v) is 5.40. The third-order valence-electron chi connectivity index (χ3n) is 3.78. The van der Waals surface area contributed by atoms with E-state index in [-0.39, 0.29) is 18.2 Å². The van der Waals surface area contributed by atoms with E-state index in [1.165, 1.54) is 0 Å². The standard InChI is InChI=1S/C15H18F2N2O3/c16-11-6-5-10(7-12(11)17)19-15(22)14(21)18-8-9-3-1-2-4-13(9)20/h5-7,9,13,20H,1-4,8H2,(H,18,21)(H,19,22)/t9-,13-/m0/s1. The summed E-state index contributed by atoms with van der Waals surface area (Å²) >= 11 is 0. The minimum absolute atomic E-state index is 0.00301. The molecule has 0 heterocycles. The van der Waals surface area contributed by atoms with Gasteiger partial charge in [0.15, 0.2) is 11.6 Å². The summed E-state index contributed by atoms with van der Waals surface area (Å²) in [4.78, 5) is 23.3. The van der Waals surface area contributed by atoms with Gasteiger partial charge in [0.2, 0.25) is 0 Å². The van der Waals surface area contributed by atoms with E-state index in [4.69, 9.17) is 0 Å². The molecule has 3 N–H and O–H groups in total. The van der Waals surface area contributed by atoms with E-state index in [9.17, 15) is 23.5 Å². The average Bonchev–Trinajstić information content (AvgIpc) is 2.50. The van der Waals surface area contributed by atoms with Crippen molar-refractivity contribution in [1.82, 2.24) is 5.32 Å². The van der Waals surface area contributed by atoms with E-state index in [0.29, 0.717) is 6.42 Å². The first kappa shape index (κ1) is 16.4. The van der Waals surface area contributed by atoms with Gasteiger partial charge in [0.25, 0.3) is 0 Å². The number of carbonyl (C=O) groups is 2. The molecule has 2 atom stereocenters. The average molecular weight is 312 g/mol. The lowest BCUT2D eigenvalue weighted by Gasteiger charge is -2.27. The molecule has 0 aromatic heterocycles. The van der Waals surface area contributed by atoms with Crippen molar-refractivity contribution in [1.29, 1.82) is 0 Å². The number of nitrogens with one attached hydrogen (secondary N) is 2. The van der Waals surface area contributed by atoms with Crippen LogP contribution in [0.15, 0.2) is 18.2 Å². The summed E-state index contributed by atoms with van der Waals surface area (Å²) in [6.45, 7) is 0.213. The molecule has 2 rings (SSSR count). The van der Waals surface area contributed by atoms with Crippen molar-refractivity contribution in [3.05, 3.63) is 29.8 Å². The van der Waals surface area contributed by atoms with Crippen molar-refractivity contribution in [3.8, 4) is 0 Å². The molecule has 1 saturated carbocycles. The van der Waals surface area contributed by atoms with Gasteiger partial charge in [-0.15, -0.1) is 0 Å². The summed E-state index contributed by atoms with van der Waals surface area (Å²) in [6.07, 6.45) is 2.97. The largest absolute Gasteiger partial charge is 0.393 e. The van der Waals surface area contributed by atoms with E-state index in [1.807, 2.05) is 0 Å². The normalized spacial score (nSPS) is 21.2. The van der Waals surface area contributed by atoms with Crippen LogP contribution in [0.25, 0.3) is 0 Å². The highest BCUT2D eigenvalue weighted by Gasteiger charge is 2.24. The molecular weight excluding hydrogens is 294 g/mol. The number of amides is 2. The summed E-state index contributed by atoms with van der Waals surface area (Å²) in [5.41, 5.74) is -0.00301. The van der Waals surface area contributed by atoms with E-state index < -0.39 is 29.6 Å². The highest BCUT2D eigenvalue weighted by Crippen LogP contribution is 2.23. The smallest absolute Gasteiger partial charge is 0.313 e. The van der Waals surface area contributed by atoms with Crippen LogP contribution < -0.4 is 10.6 Å². The van der Waals surface area contributed by atoms with Crippen LogP contribution in [0.3, 0.4) is 0 Å². The van der Waals surface area contributed by atoms with Crippen molar-refractivity contribution in [2.45, 2.75) is 31.8 Å². The Morgan fingerprint density at radius 2 is 1.86 bits per heavy atom. The maximum atomic E-state index is 13.0. The van der Waals surface area contributed by atoms with Crippen molar-refractivity contribution >= 4 is 17.5 Å². The van der Waals surface area contributed by atoms with Gasteiger partial charge >= 0.3 is 11.8 Å². The molecule has 1 aliphatic carbocycles. The Hall–Kier alpha value is -2.02. The number of hydrogen-bond acceptors (Lipinski definition) is 3. The topological polar surface area (TPSA) is 78.4 Å². The lowest BCUT2D eigenvalue weighted by molar-refractivity contribution is -0.136. The van der Waals surface area contributed by atoms with Gasteiger partial charge in [0.1, 0.15) is 0 Å². The fourth-order valence-electron chi connectivity index (χ4n) is 2.49. The third kappa shape index (κ3) is 4.24. The Balaban J connectivity index is 1.84. The lowest BCUT2D eigenvalue weighted by Crippen LogP contribution is -2.41. The monoisotopic (exact) mass is 312 g/mol.